The molecule has 0 saturated heterocycles. The van der Waals surface area contributed by atoms with Gasteiger partial charge < -0.3 is 0 Å². The van der Waals surface area contributed by atoms with E-state index in [9.17, 15) is 4.79 Å². The molecule has 0 aliphatic heterocycles. The highest BCUT2D eigenvalue weighted by Gasteiger charge is 2.23. The van der Waals surface area contributed by atoms with Crippen LogP contribution in [0.5, 0.6) is 0 Å². The number of hydrogen-bond acceptors (Lipinski definition) is 5. The standard InChI is InChI=1S/C15H17IN4OS/c1-15(2,3)12-13(21)20(14(22-4)19-18-12)17-9-10-7-5-6-8-11(10)16/h5-9H,1-4H3/b17-9+. The van der Waals surface area contributed by atoms with Crippen LogP contribution < -0.4 is 5.56 Å². The molecule has 2 rings (SSSR count). The van der Waals surface area contributed by atoms with Gasteiger partial charge in [0.2, 0.25) is 5.16 Å². The fraction of sp³-hybridized carbons (Fsp3) is 0.333. The predicted molar refractivity (Wildman–Crippen MR) is 98.9 cm³/mol. The van der Waals surface area contributed by atoms with Gasteiger partial charge in [-0.1, -0.05) is 50.7 Å². The van der Waals surface area contributed by atoms with E-state index >= 15 is 0 Å². The summed E-state index contributed by atoms with van der Waals surface area (Å²) >= 11 is 3.58. The zero-order chi connectivity index (χ0) is 16.3. The van der Waals surface area contributed by atoms with Crippen LogP contribution in [0.25, 0.3) is 0 Å². The molecular formula is C15H17IN4OS. The highest BCUT2D eigenvalue weighted by atomic mass is 127. The third kappa shape index (κ3) is 3.75. The molecule has 0 spiro atoms. The van der Waals surface area contributed by atoms with E-state index in [0.717, 1.165) is 9.13 Å². The van der Waals surface area contributed by atoms with Crippen molar-refractivity contribution >= 4 is 40.6 Å². The van der Waals surface area contributed by atoms with Gasteiger partial charge in [0.05, 0.1) is 6.21 Å². The smallest absolute Gasteiger partial charge is 0.265 e. The lowest BCUT2D eigenvalue weighted by molar-refractivity contribution is 0.510. The maximum atomic E-state index is 12.6. The highest BCUT2D eigenvalue weighted by molar-refractivity contribution is 14.1. The van der Waals surface area contributed by atoms with Crippen LogP contribution >= 0.6 is 34.4 Å². The quantitative estimate of drug-likeness (QED) is 0.428. The lowest BCUT2D eigenvalue weighted by atomic mass is 9.93. The summed E-state index contributed by atoms with van der Waals surface area (Å²) < 4.78 is 2.39. The molecule has 0 unspecified atom stereocenters. The fourth-order valence-electron chi connectivity index (χ4n) is 1.76. The van der Waals surface area contributed by atoms with Gasteiger partial charge >= 0.3 is 0 Å². The Bertz CT molecular complexity index is 765. The number of hydrogen-bond donors (Lipinski definition) is 0. The fourth-order valence-corrected chi connectivity index (χ4v) is 2.72. The number of halogens is 1. The van der Waals surface area contributed by atoms with Crippen LogP contribution in [0.1, 0.15) is 32.0 Å². The topological polar surface area (TPSA) is 60.1 Å². The number of thioether (sulfide) groups is 1. The summed E-state index contributed by atoms with van der Waals surface area (Å²) in [7, 11) is 0. The highest BCUT2D eigenvalue weighted by Crippen LogP contribution is 2.17. The minimum atomic E-state index is -0.376. The maximum absolute atomic E-state index is 12.6. The lowest BCUT2D eigenvalue weighted by Crippen LogP contribution is -2.32. The second kappa shape index (κ2) is 6.91. The molecule has 0 aliphatic carbocycles. The molecule has 7 heteroatoms. The number of aromatic nitrogens is 3. The molecule has 0 N–H and O–H groups in total. The molecule has 0 aliphatic rings. The van der Waals surface area contributed by atoms with Crippen LogP contribution in [0, 0.1) is 3.57 Å². The van der Waals surface area contributed by atoms with Gasteiger partial charge in [-0.05, 0) is 34.9 Å². The third-order valence-electron chi connectivity index (χ3n) is 2.92. The Labute approximate surface area is 147 Å². The molecule has 0 atom stereocenters. The molecule has 0 bridgehead atoms. The molecule has 2 aromatic rings. The summed E-state index contributed by atoms with van der Waals surface area (Å²) in [6, 6.07) is 7.84. The SMILES string of the molecule is CSc1nnc(C(C)(C)C)c(=O)n1/N=C/c1ccccc1I. The van der Waals surface area contributed by atoms with E-state index in [4.69, 9.17) is 0 Å². The van der Waals surface area contributed by atoms with Gasteiger partial charge in [-0.15, -0.1) is 10.2 Å². The number of rotatable bonds is 3. The maximum Gasteiger partial charge on any atom is 0.297 e. The van der Waals surface area contributed by atoms with Crippen LogP contribution in [0.15, 0.2) is 39.3 Å². The predicted octanol–water partition coefficient (Wildman–Crippen LogP) is 3.14. The Morgan fingerprint density at radius 1 is 1.27 bits per heavy atom. The zero-order valence-corrected chi connectivity index (χ0v) is 15.8. The van der Waals surface area contributed by atoms with Crippen molar-refractivity contribution in [1.29, 1.82) is 0 Å². The Hall–Kier alpha value is -1.22. The molecule has 1 aromatic carbocycles. The molecule has 0 amide bonds. The van der Waals surface area contributed by atoms with Crippen molar-refractivity contribution in [2.45, 2.75) is 31.3 Å². The van der Waals surface area contributed by atoms with Crippen LogP contribution in [-0.2, 0) is 5.41 Å². The molecule has 116 valence electrons. The first kappa shape index (κ1) is 17.1. The summed E-state index contributed by atoms with van der Waals surface area (Å²) in [6.45, 7) is 5.81. The van der Waals surface area contributed by atoms with Gasteiger partial charge in [0.15, 0.2) is 0 Å². The summed E-state index contributed by atoms with van der Waals surface area (Å²) in [5, 5.41) is 13.0. The Morgan fingerprint density at radius 2 is 1.95 bits per heavy atom. The number of nitrogens with zero attached hydrogens (tertiary/aromatic N) is 4. The zero-order valence-electron chi connectivity index (χ0n) is 12.9. The number of benzene rings is 1. The second-order valence-electron chi connectivity index (χ2n) is 5.67. The van der Waals surface area contributed by atoms with E-state index < -0.39 is 0 Å². The van der Waals surface area contributed by atoms with E-state index in [2.05, 4.69) is 37.9 Å². The van der Waals surface area contributed by atoms with Crippen molar-refractivity contribution in [3.8, 4) is 0 Å². The minimum absolute atomic E-state index is 0.228. The molecule has 5 nitrogen and oxygen atoms in total. The summed E-state index contributed by atoms with van der Waals surface area (Å²) in [4.78, 5) is 12.6. The van der Waals surface area contributed by atoms with E-state index in [1.807, 2.05) is 51.3 Å². The molecule has 1 heterocycles. The van der Waals surface area contributed by atoms with E-state index in [1.165, 1.54) is 16.4 Å². The van der Waals surface area contributed by atoms with E-state index in [1.54, 1.807) is 6.21 Å². The second-order valence-corrected chi connectivity index (χ2v) is 7.60. The van der Waals surface area contributed by atoms with Crippen LogP contribution in [0.3, 0.4) is 0 Å². The van der Waals surface area contributed by atoms with Crippen molar-refractivity contribution in [2.75, 3.05) is 6.26 Å². The van der Waals surface area contributed by atoms with Crippen LogP contribution in [-0.4, -0.2) is 27.3 Å². The molecule has 22 heavy (non-hydrogen) atoms. The van der Waals surface area contributed by atoms with E-state index in [0.29, 0.717) is 10.9 Å². The molecular weight excluding hydrogens is 411 g/mol. The van der Waals surface area contributed by atoms with Gasteiger partial charge in [0.1, 0.15) is 5.69 Å². The van der Waals surface area contributed by atoms with Gasteiger partial charge in [-0.25, -0.2) is 0 Å². The van der Waals surface area contributed by atoms with Crippen molar-refractivity contribution < 1.29 is 0 Å². The molecule has 0 fully saturated rings. The largest absolute Gasteiger partial charge is 0.297 e. The Kier molecular flexibility index (Phi) is 5.38. The van der Waals surface area contributed by atoms with Crippen molar-refractivity contribution in [3.63, 3.8) is 0 Å². The first-order chi connectivity index (χ1) is 10.3. The minimum Gasteiger partial charge on any atom is -0.265 e. The van der Waals surface area contributed by atoms with Crippen LogP contribution in [0.4, 0.5) is 0 Å². The lowest BCUT2D eigenvalue weighted by Gasteiger charge is -2.16. The van der Waals surface area contributed by atoms with Gasteiger partial charge in [-0.3, -0.25) is 4.79 Å². The van der Waals surface area contributed by atoms with Crippen LogP contribution in [0.2, 0.25) is 0 Å². The van der Waals surface area contributed by atoms with Gasteiger partial charge in [0, 0.05) is 14.5 Å². The molecule has 0 radical (unpaired) electrons. The summed E-state index contributed by atoms with van der Waals surface area (Å²) in [6.07, 6.45) is 3.52. The van der Waals surface area contributed by atoms with Gasteiger partial charge in [-0.2, -0.15) is 9.78 Å². The van der Waals surface area contributed by atoms with Crippen molar-refractivity contribution in [3.05, 3.63) is 49.4 Å². The van der Waals surface area contributed by atoms with Crippen molar-refractivity contribution in [1.82, 2.24) is 14.9 Å². The third-order valence-corrected chi connectivity index (χ3v) is 4.52. The van der Waals surface area contributed by atoms with E-state index in [-0.39, 0.29) is 11.0 Å². The first-order valence-corrected chi connectivity index (χ1v) is 8.98. The normalized spacial score (nSPS) is 12.0. The average Bonchev–Trinajstić information content (AvgIpc) is 2.45. The summed E-state index contributed by atoms with van der Waals surface area (Å²) in [5.74, 6) is 0. The first-order valence-electron chi connectivity index (χ1n) is 6.67. The van der Waals surface area contributed by atoms with Crippen molar-refractivity contribution in [2.24, 2.45) is 5.10 Å². The monoisotopic (exact) mass is 428 g/mol. The Morgan fingerprint density at radius 3 is 2.55 bits per heavy atom. The van der Waals surface area contributed by atoms with Gasteiger partial charge in [0.25, 0.3) is 5.56 Å². The molecule has 0 saturated carbocycles. The average molecular weight is 428 g/mol. The molecule has 1 aromatic heterocycles. The summed E-state index contributed by atoms with van der Waals surface area (Å²) in [5.41, 5.74) is 0.759. The Balaban J connectivity index is 2.55.